The molecule has 2 aromatic rings. The summed E-state index contributed by atoms with van der Waals surface area (Å²) in [5.41, 5.74) is 7.94. The van der Waals surface area contributed by atoms with Gasteiger partial charge in [-0.15, -0.1) is 0 Å². The number of halogens is 1. The van der Waals surface area contributed by atoms with Gasteiger partial charge in [0.15, 0.2) is 0 Å². The molecule has 4 nitrogen and oxygen atoms in total. The smallest absolute Gasteiger partial charge is 0.132 e. The van der Waals surface area contributed by atoms with Gasteiger partial charge >= 0.3 is 0 Å². The third-order valence-corrected chi connectivity index (χ3v) is 3.03. The van der Waals surface area contributed by atoms with E-state index in [9.17, 15) is 0 Å². The van der Waals surface area contributed by atoms with Crippen LogP contribution in [-0.2, 0) is 0 Å². The zero-order valence-corrected chi connectivity index (χ0v) is 10.5. The number of aliphatic imine (C=N–C) groups is 1. The number of aromatic nitrogens is 2. The molecule has 0 bridgehead atoms. The maximum absolute atomic E-state index is 6.08. The standard InChI is InChI=1S/C10H11ClN4S/c1-5(2)10(12)13-8-6(11)3-4-7-9(8)15-16-14-7/h3-5H,1-2H3,(H2,12,13). The fourth-order valence-electron chi connectivity index (χ4n) is 1.18. The van der Waals surface area contributed by atoms with Gasteiger partial charge in [-0.1, -0.05) is 25.4 Å². The molecule has 0 unspecified atom stereocenters. The van der Waals surface area contributed by atoms with Crippen LogP contribution in [-0.4, -0.2) is 14.6 Å². The van der Waals surface area contributed by atoms with Gasteiger partial charge in [0.1, 0.15) is 22.6 Å². The second-order valence-electron chi connectivity index (χ2n) is 3.72. The van der Waals surface area contributed by atoms with Crippen LogP contribution in [0.1, 0.15) is 13.8 Å². The first-order valence-electron chi connectivity index (χ1n) is 4.84. The molecule has 0 fully saturated rings. The number of hydrogen-bond acceptors (Lipinski definition) is 4. The number of hydrogen-bond donors (Lipinski definition) is 1. The molecule has 0 saturated heterocycles. The summed E-state index contributed by atoms with van der Waals surface area (Å²) in [5, 5.41) is 0.545. The van der Waals surface area contributed by atoms with Crippen molar-refractivity contribution in [3.63, 3.8) is 0 Å². The van der Waals surface area contributed by atoms with E-state index in [4.69, 9.17) is 17.3 Å². The Morgan fingerprint density at radius 2 is 2.19 bits per heavy atom. The largest absolute Gasteiger partial charge is 0.387 e. The summed E-state index contributed by atoms with van der Waals surface area (Å²) in [5.74, 6) is 0.723. The minimum atomic E-state index is 0.179. The van der Waals surface area contributed by atoms with Crippen molar-refractivity contribution in [2.24, 2.45) is 16.6 Å². The molecule has 0 spiro atoms. The van der Waals surface area contributed by atoms with Crippen molar-refractivity contribution in [1.29, 1.82) is 0 Å². The second kappa shape index (κ2) is 4.35. The van der Waals surface area contributed by atoms with Crippen molar-refractivity contribution in [1.82, 2.24) is 8.75 Å². The summed E-state index contributed by atoms with van der Waals surface area (Å²) >= 11 is 7.23. The van der Waals surface area contributed by atoms with Crippen molar-refractivity contribution >= 4 is 45.9 Å². The summed E-state index contributed by atoms with van der Waals surface area (Å²) in [6, 6.07) is 3.59. The normalized spacial score (nSPS) is 12.6. The van der Waals surface area contributed by atoms with E-state index in [1.165, 1.54) is 0 Å². The molecule has 0 aliphatic rings. The fourth-order valence-corrected chi connectivity index (χ4v) is 1.91. The Hall–Kier alpha value is -1.20. The lowest BCUT2D eigenvalue weighted by atomic mass is 10.2. The van der Waals surface area contributed by atoms with Gasteiger partial charge in [0.05, 0.1) is 16.8 Å². The Balaban J connectivity index is 2.62. The first kappa shape index (κ1) is 11.3. The number of benzene rings is 1. The second-order valence-corrected chi connectivity index (χ2v) is 4.65. The predicted octanol–water partition coefficient (Wildman–Crippen LogP) is 2.99. The maximum Gasteiger partial charge on any atom is 0.132 e. The Kier molecular flexibility index (Phi) is 3.07. The van der Waals surface area contributed by atoms with Gasteiger partial charge in [-0.25, -0.2) is 4.99 Å². The van der Waals surface area contributed by atoms with Crippen molar-refractivity contribution < 1.29 is 0 Å². The van der Waals surface area contributed by atoms with Crippen LogP contribution in [0, 0.1) is 5.92 Å². The summed E-state index contributed by atoms with van der Waals surface area (Å²) in [6.07, 6.45) is 0. The molecule has 0 amide bonds. The quantitative estimate of drug-likeness (QED) is 0.662. The van der Waals surface area contributed by atoms with Crippen molar-refractivity contribution in [3.05, 3.63) is 17.2 Å². The first-order chi connectivity index (χ1) is 7.59. The lowest BCUT2D eigenvalue weighted by Gasteiger charge is -2.05. The highest BCUT2D eigenvalue weighted by atomic mass is 35.5. The maximum atomic E-state index is 6.08. The molecule has 0 aliphatic carbocycles. The highest BCUT2D eigenvalue weighted by Crippen LogP contribution is 2.32. The molecule has 84 valence electrons. The van der Waals surface area contributed by atoms with Crippen LogP contribution < -0.4 is 5.73 Å². The molecule has 1 aromatic heterocycles. The van der Waals surface area contributed by atoms with Crippen molar-refractivity contribution in [2.45, 2.75) is 13.8 Å². The van der Waals surface area contributed by atoms with Gasteiger partial charge in [0, 0.05) is 5.92 Å². The van der Waals surface area contributed by atoms with Crippen LogP contribution in [0.2, 0.25) is 5.02 Å². The van der Waals surface area contributed by atoms with Crippen molar-refractivity contribution in [3.8, 4) is 0 Å². The van der Waals surface area contributed by atoms with E-state index in [0.29, 0.717) is 22.1 Å². The van der Waals surface area contributed by atoms with Gasteiger partial charge in [-0.3, -0.25) is 0 Å². The molecule has 6 heteroatoms. The number of nitrogens with two attached hydrogens (primary N) is 1. The molecule has 0 radical (unpaired) electrons. The predicted molar refractivity (Wildman–Crippen MR) is 68.5 cm³/mol. The zero-order valence-electron chi connectivity index (χ0n) is 8.94. The minimum Gasteiger partial charge on any atom is -0.387 e. The van der Waals surface area contributed by atoms with Gasteiger partial charge in [-0.05, 0) is 12.1 Å². The molecule has 1 aromatic carbocycles. The van der Waals surface area contributed by atoms with E-state index in [1.54, 1.807) is 6.07 Å². The highest BCUT2D eigenvalue weighted by molar-refractivity contribution is 7.00. The van der Waals surface area contributed by atoms with E-state index < -0.39 is 0 Å². The number of amidine groups is 1. The van der Waals surface area contributed by atoms with Crippen LogP contribution in [0.3, 0.4) is 0 Å². The minimum absolute atomic E-state index is 0.179. The summed E-state index contributed by atoms with van der Waals surface area (Å²) in [4.78, 5) is 4.33. The van der Waals surface area contributed by atoms with Gasteiger partial charge in [0.25, 0.3) is 0 Å². The van der Waals surface area contributed by atoms with Crippen LogP contribution in [0.4, 0.5) is 5.69 Å². The van der Waals surface area contributed by atoms with Gasteiger partial charge in [-0.2, -0.15) is 8.75 Å². The fraction of sp³-hybridized carbons (Fsp3) is 0.300. The van der Waals surface area contributed by atoms with E-state index in [1.807, 2.05) is 19.9 Å². The lowest BCUT2D eigenvalue weighted by Crippen LogP contribution is -2.18. The molecular weight excluding hydrogens is 244 g/mol. The molecule has 2 rings (SSSR count). The van der Waals surface area contributed by atoms with Crippen molar-refractivity contribution in [2.75, 3.05) is 0 Å². The molecule has 1 heterocycles. The van der Waals surface area contributed by atoms with E-state index >= 15 is 0 Å². The summed E-state index contributed by atoms with van der Waals surface area (Å²) in [6.45, 7) is 3.96. The lowest BCUT2D eigenvalue weighted by molar-refractivity contribution is 0.873. The average molecular weight is 255 g/mol. The Morgan fingerprint density at radius 3 is 2.88 bits per heavy atom. The zero-order chi connectivity index (χ0) is 11.7. The topological polar surface area (TPSA) is 64.2 Å². The van der Waals surface area contributed by atoms with Crippen LogP contribution in [0.5, 0.6) is 0 Å². The Morgan fingerprint density at radius 1 is 1.44 bits per heavy atom. The SMILES string of the molecule is CC(C)C(N)=Nc1c(Cl)ccc2nsnc12. The molecule has 16 heavy (non-hydrogen) atoms. The van der Waals surface area contributed by atoms with Crippen LogP contribution in [0.25, 0.3) is 11.0 Å². The third-order valence-electron chi connectivity index (χ3n) is 2.18. The number of fused-ring (bicyclic) bond motifs is 1. The number of rotatable bonds is 2. The first-order valence-corrected chi connectivity index (χ1v) is 5.95. The summed E-state index contributed by atoms with van der Waals surface area (Å²) in [7, 11) is 0. The molecule has 2 N–H and O–H groups in total. The molecule has 0 saturated carbocycles. The molecule has 0 aliphatic heterocycles. The van der Waals surface area contributed by atoms with Gasteiger partial charge in [0.2, 0.25) is 0 Å². The van der Waals surface area contributed by atoms with E-state index in [-0.39, 0.29) is 5.92 Å². The average Bonchev–Trinajstić information content (AvgIpc) is 2.70. The monoisotopic (exact) mass is 254 g/mol. The van der Waals surface area contributed by atoms with Crippen LogP contribution >= 0.6 is 23.3 Å². The Labute approximate surface area is 102 Å². The van der Waals surface area contributed by atoms with Crippen LogP contribution in [0.15, 0.2) is 17.1 Å². The highest BCUT2D eigenvalue weighted by Gasteiger charge is 2.10. The summed E-state index contributed by atoms with van der Waals surface area (Å²) < 4.78 is 8.31. The third kappa shape index (κ3) is 2.01. The molecule has 0 atom stereocenters. The van der Waals surface area contributed by atoms with E-state index in [2.05, 4.69) is 13.7 Å². The molecular formula is C10H11ClN4S. The number of nitrogens with zero attached hydrogens (tertiary/aromatic N) is 3. The Bertz CT molecular complexity index is 547. The van der Waals surface area contributed by atoms with E-state index in [0.717, 1.165) is 17.2 Å². The van der Waals surface area contributed by atoms with Gasteiger partial charge < -0.3 is 5.73 Å².